The van der Waals surface area contributed by atoms with Crippen LogP contribution in [0, 0.1) is 20.8 Å². The van der Waals surface area contributed by atoms with Crippen molar-refractivity contribution in [2.45, 2.75) is 46.7 Å². The Morgan fingerprint density at radius 2 is 1.87 bits per heavy atom. The highest BCUT2D eigenvalue weighted by atomic mass is 15.3. The van der Waals surface area contributed by atoms with Crippen molar-refractivity contribution in [2.24, 2.45) is 0 Å². The van der Waals surface area contributed by atoms with Gasteiger partial charge in [-0.1, -0.05) is 25.1 Å². The first-order chi connectivity index (χ1) is 11.1. The van der Waals surface area contributed by atoms with Crippen LogP contribution in [-0.2, 0) is 0 Å². The maximum absolute atomic E-state index is 3.17. The minimum Gasteiger partial charge on any atom is -0.250 e. The summed E-state index contributed by atoms with van der Waals surface area (Å²) >= 11 is 0. The number of benzene rings is 1. The molecular formula is C19H26N4+2. The largest absolute Gasteiger partial charge is 0.262 e. The summed E-state index contributed by atoms with van der Waals surface area (Å²) in [7, 11) is 0. The van der Waals surface area contributed by atoms with Crippen LogP contribution in [0.1, 0.15) is 43.1 Å². The maximum Gasteiger partial charge on any atom is 0.262 e. The van der Waals surface area contributed by atoms with Crippen LogP contribution in [0.25, 0.3) is 5.69 Å². The summed E-state index contributed by atoms with van der Waals surface area (Å²) < 4.78 is 7.07. The predicted octanol–water partition coefficient (Wildman–Crippen LogP) is 3.15. The number of aromatic amines is 1. The molecule has 0 amide bonds. The van der Waals surface area contributed by atoms with Gasteiger partial charge in [0.15, 0.2) is 0 Å². The second kappa shape index (κ2) is 6.41. The van der Waals surface area contributed by atoms with Crippen molar-refractivity contribution >= 4 is 0 Å². The normalized spacial score (nSPS) is 12.5. The molecule has 0 spiro atoms. The third-order valence-corrected chi connectivity index (χ3v) is 4.66. The van der Waals surface area contributed by atoms with Crippen molar-refractivity contribution in [3.63, 3.8) is 0 Å². The second-order valence-corrected chi connectivity index (χ2v) is 6.09. The van der Waals surface area contributed by atoms with E-state index in [4.69, 9.17) is 0 Å². The quantitative estimate of drug-likeness (QED) is 0.701. The third-order valence-electron chi connectivity index (χ3n) is 4.66. The van der Waals surface area contributed by atoms with E-state index in [-0.39, 0.29) is 0 Å². The minimum atomic E-state index is 0.301. The van der Waals surface area contributed by atoms with Crippen LogP contribution in [-0.4, -0.2) is 9.55 Å². The zero-order chi connectivity index (χ0) is 16.4. The van der Waals surface area contributed by atoms with Crippen LogP contribution in [0.5, 0.6) is 0 Å². The number of aromatic nitrogens is 4. The van der Waals surface area contributed by atoms with Crippen molar-refractivity contribution in [1.82, 2.24) is 9.55 Å². The summed E-state index contributed by atoms with van der Waals surface area (Å²) in [5.74, 6) is 1.26. The van der Waals surface area contributed by atoms with Gasteiger partial charge in [0.2, 0.25) is 12.5 Å². The number of rotatable bonds is 5. The molecule has 2 aromatic heterocycles. The molecule has 0 radical (unpaired) electrons. The van der Waals surface area contributed by atoms with Gasteiger partial charge in [-0.05, 0) is 18.6 Å². The van der Waals surface area contributed by atoms with Gasteiger partial charge in [-0.3, -0.25) is 4.98 Å². The van der Waals surface area contributed by atoms with E-state index >= 15 is 0 Å². The number of nitrogens with one attached hydrogen (secondary N) is 1. The maximum atomic E-state index is 3.17. The van der Waals surface area contributed by atoms with Crippen LogP contribution in [0.3, 0.4) is 0 Å². The van der Waals surface area contributed by atoms with Crippen molar-refractivity contribution < 1.29 is 9.13 Å². The molecule has 3 rings (SSSR count). The van der Waals surface area contributed by atoms with Gasteiger partial charge in [-0.15, -0.1) is 0 Å². The number of para-hydroxylation sites is 1. The van der Waals surface area contributed by atoms with Gasteiger partial charge in [-0.2, -0.15) is 13.7 Å². The van der Waals surface area contributed by atoms with E-state index < -0.39 is 0 Å². The molecule has 1 unspecified atom stereocenters. The molecular weight excluding hydrogens is 284 g/mol. The highest BCUT2D eigenvalue weighted by Crippen LogP contribution is 2.18. The lowest BCUT2D eigenvalue weighted by molar-refractivity contribution is -0.949. The molecule has 0 saturated carbocycles. The van der Waals surface area contributed by atoms with Crippen molar-refractivity contribution in [2.75, 3.05) is 0 Å². The van der Waals surface area contributed by atoms with Gasteiger partial charge < -0.3 is 0 Å². The van der Waals surface area contributed by atoms with Gasteiger partial charge >= 0.3 is 0 Å². The Bertz CT molecular complexity index is 770. The lowest BCUT2D eigenvalue weighted by Crippen LogP contribution is -2.58. The van der Waals surface area contributed by atoms with E-state index in [0.717, 1.165) is 12.8 Å². The number of imidazole rings is 2. The van der Waals surface area contributed by atoms with E-state index in [9.17, 15) is 0 Å². The van der Waals surface area contributed by atoms with Gasteiger partial charge in [-0.25, -0.2) is 0 Å². The summed E-state index contributed by atoms with van der Waals surface area (Å²) in [5.41, 5.74) is 3.84. The van der Waals surface area contributed by atoms with Crippen LogP contribution in [0.2, 0.25) is 0 Å². The Kier molecular flexibility index (Phi) is 4.33. The minimum absolute atomic E-state index is 0.301. The molecule has 1 atom stereocenters. The highest BCUT2D eigenvalue weighted by molar-refractivity contribution is 5.35. The topological polar surface area (TPSA) is 28.5 Å². The molecule has 0 bridgehead atoms. The fraction of sp³-hybridized carbons (Fsp3) is 0.368. The number of nitrogens with zero attached hydrogens (tertiary/aromatic N) is 3. The summed E-state index contributed by atoms with van der Waals surface area (Å²) in [5, 5.41) is 0. The monoisotopic (exact) mass is 310 g/mol. The van der Waals surface area contributed by atoms with Crippen LogP contribution >= 0.6 is 0 Å². The smallest absolute Gasteiger partial charge is 0.250 e. The van der Waals surface area contributed by atoms with E-state index in [1.54, 1.807) is 0 Å². The van der Waals surface area contributed by atoms with Crippen molar-refractivity contribution in [1.29, 1.82) is 0 Å². The third kappa shape index (κ3) is 2.69. The fourth-order valence-electron chi connectivity index (χ4n) is 3.48. The molecule has 0 aliphatic heterocycles. The van der Waals surface area contributed by atoms with Crippen LogP contribution in [0.15, 0.2) is 49.1 Å². The molecule has 2 heterocycles. The zero-order valence-electron chi connectivity index (χ0n) is 14.5. The van der Waals surface area contributed by atoms with E-state index in [1.165, 1.54) is 22.9 Å². The van der Waals surface area contributed by atoms with E-state index in [0.29, 0.717) is 6.17 Å². The molecule has 1 aromatic carbocycles. The lowest BCUT2D eigenvalue weighted by atomic mass is 10.2. The number of hydrogen-bond donors (Lipinski definition) is 1. The first-order valence-corrected chi connectivity index (χ1v) is 8.34. The second-order valence-electron chi connectivity index (χ2n) is 6.09. The summed E-state index contributed by atoms with van der Waals surface area (Å²) in [6.07, 6.45) is 8.68. The Morgan fingerprint density at radius 3 is 2.48 bits per heavy atom. The Morgan fingerprint density at radius 1 is 1.13 bits per heavy atom. The molecule has 0 saturated heterocycles. The Hall–Kier alpha value is -2.36. The SMILES string of the molecule is CCCC([n+]1cc[nH]c1)[n+]1c(C)c(C)n(-c2ccccc2)c1C. The van der Waals surface area contributed by atoms with Crippen LogP contribution < -0.4 is 9.13 Å². The van der Waals surface area contributed by atoms with E-state index in [1.807, 2.05) is 12.5 Å². The number of hydrogen-bond acceptors (Lipinski definition) is 0. The summed E-state index contributed by atoms with van der Waals surface area (Å²) in [4.78, 5) is 3.17. The van der Waals surface area contributed by atoms with Crippen LogP contribution in [0.4, 0.5) is 0 Å². The summed E-state index contributed by atoms with van der Waals surface area (Å²) in [6.45, 7) is 8.88. The molecule has 23 heavy (non-hydrogen) atoms. The average molecular weight is 310 g/mol. The molecule has 0 fully saturated rings. The number of H-pyrrole nitrogens is 1. The molecule has 4 nitrogen and oxygen atoms in total. The molecule has 4 heteroatoms. The molecule has 1 N–H and O–H groups in total. The zero-order valence-corrected chi connectivity index (χ0v) is 14.5. The van der Waals surface area contributed by atoms with Gasteiger partial charge in [0.25, 0.3) is 5.82 Å². The molecule has 120 valence electrons. The Balaban J connectivity index is 2.17. The van der Waals surface area contributed by atoms with Crippen molar-refractivity contribution in [3.05, 3.63) is 66.3 Å². The Labute approximate surface area is 138 Å². The molecule has 3 aromatic rings. The highest BCUT2D eigenvalue weighted by Gasteiger charge is 2.32. The molecule has 0 aliphatic carbocycles. The summed E-state index contributed by atoms with van der Waals surface area (Å²) in [6, 6.07) is 10.6. The fourth-order valence-corrected chi connectivity index (χ4v) is 3.48. The van der Waals surface area contributed by atoms with Gasteiger partial charge in [0.1, 0.15) is 29.5 Å². The van der Waals surface area contributed by atoms with Gasteiger partial charge in [0, 0.05) is 27.2 Å². The first-order valence-electron chi connectivity index (χ1n) is 8.34. The predicted molar refractivity (Wildman–Crippen MR) is 90.5 cm³/mol. The van der Waals surface area contributed by atoms with Gasteiger partial charge in [0.05, 0.1) is 0 Å². The standard InChI is InChI=1S/C19H25N4/c1-5-9-19(21-13-12-20-14-21)23-16(3)15(2)22(17(23)4)18-10-7-6-8-11-18/h6-8,10-14,19H,5,9H2,1-4H3/q+1/p+1. The van der Waals surface area contributed by atoms with Crippen molar-refractivity contribution in [3.8, 4) is 5.69 Å². The van der Waals surface area contributed by atoms with E-state index in [2.05, 4.69) is 82.9 Å². The average Bonchev–Trinajstić information content (AvgIpc) is 3.15. The molecule has 0 aliphatic rings. The first kappa shape index (κ1) is 15.5. The lowest BCUT2D eigenvalue weighted by Gasteiger charge is -2.12.